The fourth-order valence-corrected chi connectivity index (χ4v) is 4.01. The first-order valence-electron chi connectivity index (χ1n) is 8.59. The van der Waals surface area contributed by atoms with Gasteiger partial charge in [-0.2, -0.15) is 0 Å². The van der Waals surface area contributed by atoms with Gasteiger partial charge in [0.25, 0.3) is 0 Å². The third-order valence-corrected chi connectivity index (χ3v) is 5.17. The zero-order valence-corrected chi connectivity index (χ0v) is 13.5. The van der Waals surface area contributed by atoms with Crippen LogP contribution >= 0.6 is 0 Å². The maximum atomic E-state index is 5.83. The Hall–Kier alpha value is -2.52. The van der Waals surface area contributed by atoms with Crippen LogP contribution in [0.3, 0.4) is 0 Å². The van der Waals surface area contributed by atoms with Gasteiger partial charge in [0.2, 0.25) is 0 Å². The van der Waals surface area contributed by atoms with Gasteiger partial charge in [0.15, 0.2) is 0 Å². The molecule has 0 amide bonds. The van der Waals surface area contributed by atoms with E-state index < -0.39 is 0 Å². The second-order valence-electron chi connectivity index (χ2n) is 6.57. The Balaban J connectivity index is 1.66. The number of hydrogen-bond donors (Lipinski definition) is 1. The summed E-state index contributed by atoms with van der Waals surface area (Å²) >= 11 is 0. The number of morpholine rings is 1. The summed E-state index contributed by atoms with van der Waals surface area (Å²) < 4.78 is 5.83. The number of para-hydroxylation sites is 1. The zero-order chi connectivity index (χ0) is 15.9. The number of fused-ring (bicyclic) bond motifs is 5. The second-order valence-corrected chi connectivity index (χ2v) is 6.57. The molecule has 2 aliphatic heterocycles. The summed E-state index contributed by atoms with van der Waals surface area (Å²) in [6.07, 6.45) is 0.950. The highest BCUT2D eigenvalue weighted by Crippen LogP contribution is 2.40. The van der Waals surface area contributed by atoms with E-state index in [4.69, 9.17) is 4.74 Å². The molecule has 1 saturated heterocycles. The normalized spacial score (nSPS) is 19.2. The summed E-state index contributed by atoms with van der Waals surface area (Å²) in [5.74, 6) is 0. The van der Waals surface area contributed by atoms with Gasteiger partial charge in [-0.05, 0) is 28.8 Å². The average Bonchev–Trinajstić information content (AvgIpc) is 3.01. The van der Waals surface area contributed by atoms with Gasteiger partial charge in [-0.15, -0.1) is 0 Å². The summed E-state index contributed by atoms with van der Waals surface area (Å²) in [6.45, 7) is 2.51. The monoisotopic (exact) mass is 316 g/mol. The number of nitrogens with zero attached hydrogens (tertiary/aromatic N) is 1. The molecule has 3 heterocycles. The van der Waals surface area contributed by atoms with Crippen LogP contribution in [0.1, 0.15) is 22.9 Å². The molecule has 0 radical (unpaired) electrons. The maximum absolute atomic E-state index is 5.83. The van der Waals surface area contributed by atoms with Crippen molar-refractivity contribution in [3.63, 3.8) is 0 Å². The number of hydrogen-bond acceptors (Lipinski definition) is 2. The smallest absolute Gasteiger partial charge is 0.0795 e. The molecule has 2 aliphatic rings. The van der Waals surface area contributed by atoms with E-state index in [2.05, 4.69) is 70.5 Å². The number of anilines is 1. The largest absolute Gasteiger partial charge is 0.377 e. The molecule has 0 aliphatic carbocycles. The molecule has 3 nitrogen and oxygen atoms in total. The summed E-state index contributed by atoms with van der Waals surface area (Å²) in [5, 5.41) is 0. The SMILES string of the molecule is c1ccc(-c2cc3c([nH]2)Cc2ccccc2N2CCOCC32)cc1. The minimum atomic E-state index is 0.297. The van der Waals surface area contributed by atoms with E-state index >= 15 is 0 Å². The van der Waals surface area contributed by atoms with Crippen LogP contribution in [0.25, 0.3) is 11.3 Å². The van der Waals surface area contributed by atoms with Gasteiger partial charge in [0.05, 0.1) is 19.3 Å². The topological polar surface area (TPSA) is 28.3 Å². The van der Waals surface area contributed by atoms with Gasteiger partial charge in [0, 0.05) is 30.0 Å². The Morgan fingerprint density at radius 2 is 1.83 bits per heavy atom. The van der Waals surface area contributed by atoms with Crippen molar-refractivity contribution in [2.75, 3.05) is 24.7 Å². The number of H-pyrrole nitrogens is 1. The van der Waals surface area contributed by atoms with Crippen molar-refractivity contribution in [1.29, 1.82) is 0 Å². The van der Waals surface area contributed by atoms with Crippen LogP contribution in [0.5, 0.6) is 0 Å². The molecular formula is C21H20N2O. The third kappa shape index (κ3) is 2.16. The Labute approximate surface area is 141 Å². The molecule has 5 rings (SSSR count). The Kier molecular flexibility index (Phi) is 3.20. The van der Waals surface area contributed by atoms with Crippen molar-refractivity contribution in [2.45, 2.75) is 12.5 Å². The van der Waals surface area contributed by atoms with Crippen LogP contribution in [-0.4, -0.2) is 24.7 Å². The number of benzene rings is 2. The number of rotatable bonds is 1. The quantitative estimate of drug-likeness (QED) is 0.730. The third-order valence-electron chi connectivity index (χ3n) is 5.17. The number of nitrogens with one attached hydrogen (secondary N) is 1. The van der Waals surface area contributed by atoms with Gasteiger partial charge in [0.1, 0.15) is 0 Å². The molecule has 1 aromatic heterocycles. The standard InChI is InChI=1S/C21H20N2O/c1-2-6-15(7-3-1)18-13-17-19(22-18)12-16-8-4-5-9-20(16)23-10-11-24-14-21(17)23/h1-9,13,21-22H,10-12,14H2. The average molecular weight is 316 g/mol. The molecule has 24 heavy (non-hydrogen) atoms. The predicted octanol–water partition coefficient (Wildman–Crippen LogP) is 4.16. The Morgan fingerprint density at radius 1 is 1.00 bits per heavy atom. The fourth-order valence-electron chi connectivity index (χ4n) is 4.01. The van der Waals surface area contributed by atoms with Gasteiger partial charge < -0.3 is 14.6 Å². The van der Waals surface area contributed by atoms with E-state index in [1.54, 1.807) is 0 Å². The van der Waals surface area contributed by atoms with Crippen LogP contribution in [0.15, 0.2) is 60.7 Å². The van der Waals surface area contributed by atoms with E-state index in [0.717, 1.165) is 26.2 Å². The molecule has 120 valence electrons. The van der Waals surface area contributed by atoms with Crippen molar-refractivity contribution >= 4 is 5.69 Å². The lowest BCUT2D eigenvalue weighted by Gasteiger charge is -2.37. The lowest BCUT2D eigenvalue weighted by atomic mass is 10.0. The lowest BCUT2D eigenvalue weighted by molar-refractivity contribution is 0.0943. The minimum absolute atomic E-state index is 0.297. The van der Waals surface area contributed by atoms with Crippen LogP contribution in [0, 0.1) is 0 Å². The summed E-state index contributed by atoms with van der Waals surface area (Å²) in [7, 11) is 0. The number of aromatic nitrogens is 1. The first kappa shape index (κ1) is 13.9. The van der Waals surface area contributed by atoms with Crippen molar-refractivity contribution in [1.82, 2.24) is 4.98 Å². The van der Waals surface area contributed by atoms with Crippen LogP contribution < -0.4 is 4.90 Å². The molecule has 1 N–H and O–H groups in total. The van der Waals surface area contributed by atoms with E-state index in [9.17, 15) is 0 Å². The molecule has 3 aromatic rings. The minimum Gasteiger partial charge on any atom is -0.377 e. The first-order chi connectivity index (χ1) is 11.9. The number of aromatic amines is 1. The zero-order valence-electron chi connectivity index (χ0n) is 13.5. The van der Waals surface area contributed by atoms with Crippen LogP contribution in [0.2, 0.25) is 0 Å². The fraction of sp³-hybridized carbons (Fsp3) is 0.238. The number of ether oxygens (including phenoxy) is 1. The molecule has 1 atom stereocenters. The van der Waals surface area contributed by atoms with Gasteiger partial charge in [-0.3, -0.25) is 0 Å². The van der Waals surface area contributed by atoms with Gasteiger partial charge in [-0.25, -0.2) is 0 Å². The molecule has 3 heteroatoms. The van der Waals surface area contributed by atoms with Crippen molar-refractivity contribution in [3.8, 4) is 11.3 Å². The summed E-state index contributed by atoms with van der Waals surface area (Å²) in [6, 6.07) is 22.0. The van der Waals surface area contributed by atoms with E-state index in [-0.39, 0.29) is 0 Å². The van der Waals surface area contributed by atoms with E-state index in [1.165, 1.54) is 33.8 Å². The second kappa shape index (κ2) is 5.53. The highest BCUT2D eigenvalue weighted by molar-refractivity contribution is 5.66. The summed E-state index contributed by atoms with van der Waals surface area (Å²) in [4.78, 5) is 6.20. The van der Waals surface area contributed by atoms with Gasteiger partial charge >= 0.3 is 0 Å². The van der Waals surface area contributed by atoms with Crippen LogP contribution in [-0.2, 0) is 11.2 Å². The predicted molar refractivity (Wildman–Crippen MR) is 96.4 cm³/mol. The van der Waals surface area contributed by atoms with Crippen molar-refractivity contribution in [3.05, 3.63) is 77.5 Å². The Morgan fingerprint density at radius 3 is 2.75 bits per heavy atom. The molecule has 2 aromatic carbocycles. The van der Waals surface area contributed by atoms with Gasteiger partial charge in [-0.1, -0.05) is 48.5 Å². The van der Waals surface area contributed by atoms with Crippen LogP contribution in [0.4, 0.5) is 5.69 Å². The lowest BCUT2D eigenvalue weighted by Crippen LogP contribution is -2.39. The van der Waals surface area contributed by atoms with Crippen molar-refractivity contribution in [2.24, 2.45) is 0 Å². The van der Waals surface area contributed by atoms with Crippen molar-refractivity contribution < 1.29 is 4.74 Å². The molecule has 1 unspecified atom stereocenters. The molecule has 0 bridgehead atoms. The highest BCUT2D eigenvalue weighted by atomic mass is 16.5. The summed E-state index contributed by atoms with van der Waals surface area (Å²) in [5.41, 5.74) is 7.89. The first-order valence-corrected chi connectivity index (χ1v) is 8.59. The molecule has 0 spiro atoms. The van der Waals surface area contributed by atoms with E-state index in [1.807, 2.05) is 0 Å². The molecule has 0 saturated carbocycles. The molecular weight excluding hydrogens is 296 g/mol. The Bertz CT molecular complexity index is 869. The van der Waals surface area contributed by atoms with E-state index in [0.29, 0.717) is 6.04 Å². The molecule has 1 fully saturated rings. The maximum Gasteiger partial charge on any atom is 0.0795 e. The highest BCUT2D eigenvalue weighted by Gasteiger charge is 2.32.